The Morgan fingerprint density at radius 2 is 1.77 bits per heavy atom. The number of amides is 2. The topological polar surface area (TPSA) is 61.4 Å². The maximum atomic E-state index is 12.7. The van der Waals surface area contributed by atoms with E-state index in [0.29, 0.717) is 32.9 Å². The van der Waals surface area contributed by atoms with Crippen molar-refractivity contribution in [3.8, 4) is 0 Å². The number of hydrogen-bond donors (Lipinski definition) is 2. The van der Waals surface area contributed by atoms with Gasteiger partial charge in [-0.15, -0.1) is 11.3 Å². The Hall–Kier alpha value is -2.83. The van der Waals surface area contributed by atoms with Crippen molar-refractivity contribution in [2.24, 2.45) is 0 Å². The second-order valence-corrected chi connectivity index (χ2v) is 8.36. The van der Waals surface area contributed by atoms with E-state index in [9.17, 15) is 9.59 Å². The minimum absolute atomic E-state index is 0.259. The molecule has 0 bridgehead atoms. The predicted octanol–water partition coefficient (Wildman–Crippen LogP) is 6.14. The maximum absolute atomic E-state index is 12.7. The van der Waals surface area contributed by atoms with Crippen molar-refractivity contribution in [2.45, 2.75) is 26.8 Å². The summed E-state index contributed by atoms with van der Waals surface area (Å²) in [4.78, 5) is 27.8. The van der Waals surface area contributed by atoms with Crippen LogP contribution in [0.2, 0.25) is 5.02 Å². The largest absolute Gasteiger partial charge is 0.369 e. The summed E-state index contributed by atoms with van der Waals surface area (Å²) in [7, 11) is 0. The van der Waals surface area contributed by atoms with Gasteiger partial charge in [0.2, 0.25) is 0 Å². The maximum Gasteiger partial charge on any atom is 0.265 e. The molecular weight excluding hydrogens is 418 g/mol. The quantitative estimate of drug-likeness (QED) is 0.462. The zero-order valence-corrected chi connectivity index (χ0v) is 18.7. The van der Waals surface area contributed by atoms with Crippen LogP contribution in [-0.2, 0) is 0 Å². The fraction of sp³-hybridized carbons (Fsp3) is 0.217. The molecule has 0 aliphatic rings. The number of thiophene rings is 1. The van der Waals surface area contributed by atoms with Gasteiger partial charge < -0.3 is 15.5 Å². The standard InChI is InChI=1S/C23H24ClN3O2S/c1-4-27(15(2)3)18-10-8-17(9-11-18)25-22(28)16-7-12-19(24)20(14-16)26-23(29)21-6-5-13-30-21/h5-15H,4H2,1-3H3,(H,25,28)(H,26,29). The number of nitrogens with zero attached hydrogens (tertiary/aromatic N) is 1. The lowest BCUT2D eigenvalue weighted by Crippen LogP contribution is -2.30. The fourth-order valence-corrected chi connectivity index (χ4v) is 3.92. The van der Waals surface area contributed by atoms with Gasteiger partial charge in [-0.25, -0.2) is 0 Å². The first kappa shape index (κ1) is 21.9. The number of hydrogen-bond acceptors (Lipinski definition) is 4. The van der Waals surface area contributed by atoms with Crippen molar-refractivity contribution in [2.75, 3.05) is 22.1 Å². The van der Waals surface area contributed by atoms with Gasteiger partial charge in [0.25, 0.3) is 11.8 Å². The van der Waals surface area contributed by atoms with Crippen LogP contribution in [0.5, 0.6) is 0 Å². The number of halogens is 1. The van der Waals surface area contributed by atoms with E-state index in [1.54, 1.807) is 30.3 Å². The first-order valence-corrected chi connectivity index (χ1v) is 11.0. The number of anilines is 3. The molecule has 0 radical (unpaired) electrons. The second kappa shape index (κ2) is 9.78. The van der Waals surface area contributed by atoms with Gasteiger partial charge in [0.05, 0.1) is 15.6 Å². The summed E-state index contributed by atoms with van der Waals surface area (Å²) < 4.78 is 0. The summed E-state index contributed by atoms with van der Waals surface area (Å²) in [5, 5.41) is 7.85. The Labute approximate surface area is 185 Å². The molecular formula is C23H24ClN3O2S. The van der Waals surface area contributed by atoms with E-state index in [0.717, 1.165) is 12.2 Å². The van der Waals surface area contributed by atoms with Crippen molar-refractivity contribution < 1.29 is 9.59 Å². The van der Waals surface area contributed by atoms with Gasteiger partial charge in [0, 0.05) is 29.5 Å². The number of rotatable bonds is 7. The molecule has 5 nitrogen and oxygen atoms in total. The SMILES string of the molecule is CCN(c1ccc(NC(=O)c2ccc(Cl)c(NC(=O)c3cccs3)c2)cc1)C(C)C. The number of carbonyl (C=O) groups excluding carboxylic acids is 2. The summed E-state index contributed by atoms with van der Waals surface area (Å²) in [5.41, 5.74) is 2.61. The average Bonchev–Trinajstić information content (AvgIpc) is 3.26. The molecule has 0 spiro atoms. The Morgan fingerprint density at radius 1 is 1.03 bits per heavy atom. The van der Waals surface area contributed by atoms with Gasteiger partial charge in [0.15, 0.2) is 0 Å². The lowest BCUT2D eigenvalue weighted by molar-refractivity contribution is 0.101. The van der Waals surface area contributed by atoms with Gasteiger partial charge in [-0.3, -0.25) is 9.59 Å². The highest BCUT2D eigenvalue weighted by Crippen LogP contribution is 2.25. The summed E-state index contributed by atoms with van der Waals surface area (Å²) in [6.07, 6.45) is 0. The van der Waals surface area contributed by atoms with Crippen molar-refractivity contribution in [1.29, 1.82) is 0 Å². The third-order valence-electron chi connectivity index (χ3n) is 4.64. The molecule has 0 atom stereocenters. The molecule has 7 heteroatoms. The van der Waals surface area contributed by atoms with Crippen LogP contribution in [0.4, 0.5) is 17.1 Å². The minimum Gasteiger partial charge on any atom is -0.369 e. The molecule has 0 aliphatic heterocycles. The van der Waals surface area contributed by atoms with E-state index >= 15 is 0 Å². The number of nitrogens with one attached hydrogen (secondary N) is 2. The summed E-state index contributed by atoms with van der Waals surface area (Å²) in [6.45, 7) is 7.32. The van der Waals surface area contributed by atoms with Crippen LogP contribution in [0.3, 0.4) is 0 Å². The zero-order valence-electron chi connectivity index (χ0n) is 17.1. The molecule has 30 heavy (non-hydrogen) atoms. The van der Waals surface area contributed by atoms with Gasteiger partial charge in [-0.05, 0) is 74.7 Å². The van der Waals surface area contributed by atoms with E-state index < -0.39 is 0 Å². The van der Waals surface area contributed by atoms with Gasteiger partial charge >= 0.3 is 0 Å². The first-order chi connectivity index (χ1) is 14.4. The summed E-state index contributed by atoms with van der Waals surface area (Å²) in [5.74, 6) is -0.534. The van der Waals surface area contributed by atoms with Crippen LogP contribution in [0, 0.1) is 0 Å². The first-order valence-electron chi connectivity index (χ1n) is 9.71. The van der Waals surface area contributed by atoms with Crippen LogP contribution in [0.15, 0.2) is 60.0 Å². The van der Waals surface area contributed by atoms with Crippen LogP contribution < -0.4 is 15.5 Å². The number of benzene rings is 2. The van der Waals surface area contributed by atoms with E-state index in [1.165, 1.54) is 11.3 Å². The Kier molecular flexibility index (Phi) is 7.13. The molecule has 3 rings (SSSR count). The monoisotopic (exact) mass is 441 g/mol. The third kappa shape index (κ3) is 5.20. The van der Waals surface area contributed by atoms with Crippen LogP contribution in [0.25, 0.3) is 0 Å². The predicted molar refractivity (Wildman–Crippen MR) is 126 cm³/mol. The molecule has 1 aromatic heterocycles. The average molecular weight is 442 g/mol. The fourth-order valence-electron chi connectivity index (χ4n) is 3.14. The summed E-state index contributed by atoms with van der Waals surface area (Å²) >= 11 is 7.54. The molecule has 0 saturated heterocycles. The van der Waals surface area contributed by atoms with Crippen LogP contribution in [0.1, 0.15) is 40.8 Å². The molecule has 2 N–H and O–H groups in total. The highest BCUT2D eigenvalue weighted by Gasteiger charge is 2.14. The number of carbonyl (C=O) groups is 2. The molecule has 2 aromatic carbocycles. The van der Waals surface area contributed by atoms with Crippen LogP contribution >= 0.6 is 22.9 Å². The Bertz CT molecular complexity index is 1020. The van der Waals surface area contributed by atoms with Crippen LogP contribution in [-0.4, -0.2) is 24.4 Å². The van der Waals surface area contributed by atoms with E-state index in [2.05, 4.69) is 36.3 Å². The second-order valence-electron chi connectivity index (χ2n) is 7.01. The molecule has 0 fully saturated rings. The molecule has 0 unspecified atom stereocenters. The smallest absolute Gasteiger partial charge is 0.265 e. The van der Waals surface area contributed by atoms with Crippen molar-refractivity contribution in [1.82, 2.24) is 0 Å². The van der Waals surface area contributed by atoms with Crippen molar-refractivity contribution in [3.05, 3.63) is 75.4 Å². The van der Waals surface area contributed by atoms with Crippen molar-refractivity contribution in [3.63, 3.8) is 0 Å². The molecule has 0 aliphatic carbocycles. The molecule has 3 aromatic rings. The molecule has 2 amide bonds. The highest BCUT2D eigenvalue weighted by molar-refractivity contribution is 7.12. The third-order valence-corrected chi connectivity index (χ3v) is 5.84. The zero-order chi connectivity index (χ0) is 21.7. The Balaban J connectivity index is 1.72. The van der Waals surface area contributed by atoms with E-state index in [-0.39, 0.29) is 11.8 Å². The van der Waals surface area contributed by atoms with Gasteiger partial charge in [0.1, 0.15) is 0 Å². The molecule has 156 valence electrons. The van der Waals surface area contributed by atoms with Crippen molar-refractivity contribution >= 4 is 51.8 Å². The Morgan fingerprint density at radius 3 is 2.37 bits per heavy atom. The minimum atomic E-state index is -0.276. The van der Waals surface area contributed by atoms with Gasteiger partial charge in [-0.1, -0.05) is 17.7 Å². The highest BCUT2D eigenvalue weighted by atomic mass is 35.5. The summed E-state index contributed by atoms with van der Waals surface area (Å²) in [6, 6.07) is 16.5. The lowest BCUT2D eigenvalue weighted by Gasteiger charge is -2.27. The van der Waals surface area contributed by atoms with Gasteiger partial charge in [-0.2, -0.15) is 0 Å². The molecule has 0 saturated carbocycles. The molecule has 1 heterocycles. The van der Waals surface area contributed by atoms with E-state index in [4.69, 9.17) is 11.6 Å². The lowest BCUT2D eigenvalue weighted by atomic mass is 10.1. The van der Waals surface area contributed by atoms with E-state index in [1.807, 2.05) is 29.6 Å². The normalized spacial score (nSPS) is 10.7.